The fraction of sp³-hybridized carbons (Fsp3) is 0.450. The summed E-state index contributed by atoms with van der Waals surface area (Å²) in [5, 5.41) is 0. The highest BCUT2D eigenvalue weighted by atomic mass is 16.6. The zero-order chi connectivity index (χ0) is 21.0. The third-order valence-corrected chi connectivity index (χ3v) is 4.73. The highest BCUT2D eigenvalue weighted by molar-refractivity contribution is 6.08. The van der Waals surface area contributed by atoms with E-state index in [0.717, 1.165) is 18.7 Å². The van der Waals surface area contributed by atoms with Crippen LogP contribution in [0.1, 0.15) is 41.8 Å². The summed E-state index contributed by atoms with van der Waals surface area (Å²) < 4.78 is 5.71. The molecular formula is C20H26N6O3. The predicted molar refractivity (Wildman–Crippen MR) is 107 cm³/mol. The Kier molecular flexibility index (Phi) is 6.38. The first kappa shape index (κ1) is 20.7. The number of aryl methyl sites for hydroxylation is 1. The van der Waals surface area contributed by atoms with Crippen LogP contribution in [0.4, 0.5) is 10.6 Å². The average Bonchev–Trinajstić information content (AvgIpc) is 3.03. The van der Waals surface area contributed by atoms with E-state index in [9.17, 15) is 9.59 Å². The smallest absolute Gasteiger partial charge is 0.412 e. The van der Waals surface area contributed by atoms with Gasteiger partial charge < -0.3 is 14.5 Å². The van der Waals surface area contributed by atoms with Gasteiger partial charge in [0, 0.05) is 44.8 Å². The summed E-state index contributed by atoms with van der Waals surface area (Å²) in [4.78, 5) is 43.3. The molecule has 9 nitrogen and oxygen atoms in total. The van der Waals surface area contributed by atoms with Crippen molar-refractivity contribution in [1.82, 2.24) is 24.8 Å². The molecule has 154 valence electrons. The van der Waals surface area contributed by atoms with Crippen LogP contribution < -0.4 is 4.90 Å². The number of hydrogen-bond donors (Lipinski definition) is 0. The molecule has 1 fully saturated rings. The molecule has 4 heterocycles. The van der Waals surface area contributed by atoms with Gasteiger partial charge in [0.25, 0.3) is 5.91 Å². The Labute approximate surface area is 170 Å². The van der Waals surface area contributed by atoms with Gasteiger partial charge in [-0.1, -0.05) is 19.9 Å². The third-order valence-electron chi connectivity index (χ3n) is 4.73. The Hall–Kier alpha value is -3.07. The summed E-state index contributed by atoms with van der Waals surface area (Å²) in [5.74, 6) is 0.00667. The molecule has 0 spiro atoms. The van der Waals surface area contributed by atoms with Crippen molar-refractivity contribution in [3.05, 3.63) is 47.7 Å². The number of likely N-dealkylation sites (N-methyl/N-ethyl adjacent to an activating group) is 1. The topological polar surface area (TPSA) is 91.8 Å². The number of ether oxygens (including phenoxy) is 1. The number of amides is 2. The maximum absolute atomic E-state index is 12.9. The van der Waals surface area contributed by atoms with E-state index in [2.05, 4.69) is 19.9 Å². The maximum atomic E-state index is 12.9. The van der Waals surface area contributed by atoms with Gasteiger partial charge in [-0.25, -0.2) is 19.7 Å². The van der Waals surface area contributed by atoms with Crippen molar-refractivity contribution in [2.45, 2.75) is 27.0 Å². The van der Waals surface area contributed by atoms with Crippen LogP contribution in [0, 0.1) is 6.92 Å². The molecule has 0 unspecified atom stereocenters. The minimum atomic E-state index is -0.983. The van der Waals surface area contributed by atoms with E-state index in [1.54, 1.807) is 17.2 Å². The number of anilines is 1. The molecule has 4 rings (SSSR count). The number of carbonyl (C=O) groups excluding carboxylic acids is 2. The van der Waals surface area contributed by atoms with Crippen LogP contribution in [0.3, 0.4) is 0 Å². The molecule has 1 saturated heterocycles. The van der Waals surface area contributed by atoms with E-state index in [1.807, 2.05) is 33.9 Å². The van der Waals surface area contributed by atoms with Gasteiger partial charge in [-0.2, -0.15) is 0 Å². The van der Waals surface area contributed by atoms with Crippen molar-refractivity contribution in [2.75, 3.05) is 38.1 Å². The Bertz CT molecular complexity index is 865. The Balaban J connectivity index is 0.00000117. The molecule has 2 aromatic rings. The second-order valence-electron chi connectivity index (χ2n) is 6.69. The lowest BCUT2D eigenvalue weighted by molar-refractivity contribution is 0.0476. The molecule has 0 saturated carbocycles. The van der Waals surface area contributed by atoms with Gasteiger partial charge in [0.15, 0.2) is 5.69 Å². The number of hydrogen-bond acceptors (Lipinski definition) is 7. The molecule has 2 aromatic heterocycles. The molecule has 2 amide bonds. The van der Waals surface area contributed by atoms with Crippen LogP contribution in [-0.4, -0.2) is 70.0 Å². The van der Waals surface area contributed by atoms with E-state index in [0.29, 0.717) is 24.6 Å². The average molecular weight is 398 g/mol. The molecule has 1 atom stereocenters. The molecule has 0 radical (unpaired) electrons. The number of nitrogens with zero attached hydrogens (tertiary/aromatic N) is 6. The van der Waals surface area contributed by atoms with Crippen molar-refractivity contribution >= 4 is 17.8 Å². The largest absolute Gasteiger partial charge is 0.419 e. The minimum Gasteiger partial charge on any atom is -0.419 e. The van der Waals surface area contributed by atoms with Crippen LogP contribution in [0.2, 0.25) is 0 Å². The lowest BCUT2D eigenvalue weighted by atomic mass is 10.3. The number of carbonyl (C=O) groups is 2. The SMILES string of the molecule is CC.Cc1ccc(N2C(=O)c3nccnc3[C@H]2OC(=O)N2CCN(C)CC2)nc1. The van der Waals surface area contributed by atoms with Crippen molar-refractivity contribution < 1.29 is 14.3 Å². The number of pyridine rings is 1. The first-order chi connectivity index (χ1) is 14.0. The lowest BCUT2D eigenvalue weighted by Gasteiger charge is -2.33. The van der Waals surface area contributed by atoms with Crippen molar-refractivity contribution in [3.8, 4) is 0 Å². The zero-order valence-corrected chi connectivity index (χ0v) is 17.2. The van der Waals surface area contributed by atoms with Crippen LogP contribution in [-0.2, 0) is 4.74 Å². The molecule has 29 heavy (non-hydrogen) atoms. The van der Waals surface area contributed by atoms with E-state index in [4.69, 9.17) is 4.74 Å². The molecule has 2 aliphatic heterocycles. The second kappa shape index (κ2) is 8.95. The fourth-order valence-electron chi connectivity index (χ4n) is 3.13. The normalized spacial score (nSPS) is 18.8. The van der Waals surface area contributed by atoms with E-state index < -0.39 is 12.3 Å². The summed E-state index contributed by atoms with van der Waals surface area (Å²) in [5.41, 5.74) is 1.47. The van der Waals surface area contributed by atoms with Crippen LogP contribution in [0.15, 0.2) is 30.7 Å². The van der Waals surface area contributed by atoms with Gasteiger partial charge in [-0.05, 0) is 25.6 Å². The van der Waals surface area contributed by atoms with Crippen LogP contribution >= 0.6 is 0 Å². The van der Waals surface area contributed by atoms with E-state index >= 15 is 0 Å². The van der Waals surface area contributed by atoms with Crippen LogP contribution in [0.25, 0.3) is 0 Å². The Morgan fingerprint density at radius 3 is 2.41 bits per heavy atom. The van der Waals surface area contributed by atoms with Crippen molar-refractivity contribution in [3.63, 3.8) is 0 Å². The third kappa shape index (κ3) is 4.19. The van der Waals surface area contributed by atoms with Crippen molar-refractivity contribution in [1.29, 1.82) is 0 Å². The zero-order valence-electron chi connectivity index (χ0n) is 17.2. The van der Waals surface area contributed by atoms with Crippen LogP contribution in [0.5, 0.6) is 0 Å². The van der Waals surface area contributed by atoms with Gasteiger partial charge in [0.2, 0.25) is 6.23 Å². The second-order valence-corrected chi connectivity index (χ2v) is 6.69. The van der Waals surface area contributed by atoms with Gasteiger partial charge in [0.1, 0.15) is 11.5 Å². The standard InChI is InChI=1S/C18H20N6O3.C2H6/c1-12-3-4-13(21-11-12)24-16(25)14-15(20-6-5-19-14)17(24)27-18(26)23-9-7-22(2)8-10-23;1-2/h3-6,11,17H,7-10H2,1-2H3;1-2H3/t17-;/m1./s1. The summed E-state index contributed by atoms with van der Waals surface area (Å²) in [7, 11) is 2.01. The molecule has 2 aliphatic rings. The highest BCUT2D eigenvalue weighted by Gasteiger charge is 2.44. The first-order valence-electron chi connectivity index (χ1n) is 9.76. The highest BCUT2D eigenvalue weighted by Crippen LogP contribution is 2.35. The molecule has 0 aromatic carbocycles. The van der Waals surface area contributed by atoms with Crippen molar-refractivity contribution in [2.24, 2.45) is 0 Å². The molecular weight excluding hydrogens is 372 g/mol. The summed E-state index contributed by atoms with van der Waals surface area (Å²) in [6.07, 6.45) is 3.13. The molecule has 0 bridgehead atoms. The van der Waals surface area contributed by atoms with Gasteiger partial charge in [-0.15, -0.1) is 0 Å². The van der Waals surface area contributed by atoms with Gasteiger partial charge >= 0.3 is 6.09 Å². The Morgan fingerprint density at radius 2 is 1.76 bits per heavy atom. The maximum Gasteiger partial charge on any atom is 0.412 e. The summed E-state index contributed by atoms with van der Waals surface area (Å²) in [6, 6.07) is 3.56. The van der Waals surface area contributed by atoms with E-state index in [-0.39, 0.29) is 11.6 Å². The summed E-state index contributed by atoms with van der Waals surface area (Å²) >= 11 is 0. The Morgan fingerprint density at radius 1 is 1.07 bits per heavy atom. The molecule has 0 aliphatic carbocycles. The van der Waals surface area contributed by atoms with Gasteiger partial charge in [0.05, 0.1) is 0 Å². The molecule has 9 heteroatoms. The number of aromatic nitrogens is 3. The van der Waals surface area contributed by atoms with Gasteiger partial charge in [-0.3, -0.25) is 9.78 Å². The van der Waals surface area contributed by atoms with E-state index in [1.165, 1.54) is 17.3 Å². The minimum absolute atomic E-state index is 0.177. The first-order valence-corrected chi connectivity index (χ1v) is 9.76. The number of fused-ring (bicyclic) bond motifs is 1. The molecule has 0 N–H and O–H groups in total. The predicted octanol–water partition coefficient (Wildman–Crippen LogP) is 2.25. The lowest BCUT2D eigenvalue weighted by Crippen LogP contribution is -2.48. The monoisotopic (exact) mass is 398 g/mol. The number of piperazine rings is 1. The quantitative estimate of drug-likeness (QED) is 0.766. The summed E-state index contributed by atoms with van der Waals surface area (Å²) in [6.45, 7) is 8.61. The number of rotatable bonds is 2. The fourth-order valence-corrected chi connectivity index (χ4v) is 3.13.